The summed E-state index contributed by atoms with van der Waals surface area (Å²) in [6.45, 7) is 15.7. The molecule has 3 aromatic rings. The minimum Gasteiger partial charge on any atom is -0.461 e. The predicted molar refractivity (Wildman–Crippen MR) is 223 cm³/mol. The molecular weight excluding hydrogens is 754 g/mol. The fourth-order valence-corrected chi connectivity index (χ4v) is 8.17. The standard InChI is InChI=1S/C46H60FN5O7/c1-32-25-50(38(26-49-21-22-57-29-33(49)2)27-51(32)44(56)59-45(3,4)5)28-41(53)52-31-46(6,39-19-16-36(24-40(39)52)23-34-14-17-37(47)18-15-34)43(55)48-20-10-13-42(54)58-30-35-11-8-7-9-12-35/h7-9,11-12,14-19,24,32-33,38H,10,13,20-23,25-31H2,1-6H3,(H,48,55)/t32-,33?,38+,46?/m1/s1. The number of hydrogen-bond acceptors (Lipinski definition) is 9. The first-order valence-electron chi connectivity index (χ1n) is 20.8. The second kappa shape index (κ2) is 19.0. The molecule has 3 aromatic carbocycles. The van der Waals surface area contributed by atoms with Crippen LogP contribution in [0.25, 0.3) is 0 Å². The molecular formula is C46H60FN5O7. The highest BCUT2D eigenvalue weighted by Gasteiger charge is 2.47. The Balaban J connectivity index is 1.19. The van der Waals surface area contributed by atoms with Gasteiger partial charge in [-0.25, -0.2) is 9.18 Å². The van der Waals surface area contributed by atoms with Crippen LogP contribution < -0.4 is 10.2 Å². The quantitative estimate of drug-likeness (QED) is 0.172. The molecule has 0 aliphatic carbocycles. The Morgan fingerprint density at radius 1 is 0.915 bits per heavy atom. The number of morpholine rings is 1. The largest absolute Gasteiger partial charge is 0.461 e. The third-order valence-corrected chi connectivity index (χ3v) is 11.5. The van der Waals surface area contributed by atoms with Crippen molar-refractivity contribution in [3.8, 4) is 0 Å². The van der Waals surface area contributed by atoms with Crippen LogP contribution in [-0.2, 0) is 47.0 Å². The van der Waals surface area contributed by atoms with Gasteiger partial charge in [-0.1, -0.05) is 54.6 Å². The van der Waals surface area contributed by atoms with E-state index in [4.69, 9.17) is 14.2 Å². The zero-order valence-corrected chi connectivity index (χ0v) is 35.4. The van der Waals surface area contributed by atoms with Crippen LogP contribution in [0.5, 0.6) is 0 Å². The van der Waals surface area contributed by atoms with Gasteiger partial charge in [0.25, 0.3) is 0 Å². The van der Waals surface area contributed by atoms with E-state index in [1.165, 1.54) is 12.1 Å². The van der Waals surface area contributed by atoms with E-state index < -0.39 is 11.0 Å². The molecule has 0 radical (unpaired) electrons. The molecule has 2 fully saturated rings. The molecule has 0 spiro atoms. The van der Waals surface area contributed by atoms with Crippen LogP contribution in [0, 0.1) is 5.82 Å². The molecule has 13 heteroatoms. The Kier molecular flexibility index (Phi) is 14.1. The molecule has 3 amide bonds. The second-order valence-corrected chi connectivity index (χ2v) is 17.5. The smallest absolute Gasteiger partial charge is 0.410 e. The summed E-state index contributed by atoms with van der Waals surface area (Å²) in [6.07, 6.45) is 0.701. The number of esters is 1. The highest BCUT2D eigenvalue weighted by molar-refractivity contribution is 6.03. The average Bonchev–Trinajstić information content (AvgIpc) is 3.50. The number of nitrogens with zero attached hydrogens (tertiary/aromatic N) is 4. The average molecular weight is 814 g/mol. The molecule has 12 nitrogen and oxygen atoms in total. The van der Waals surface area contributed by atoms with Gasteiger partial charge >= 0.3 is 12.1 Å². The molecule has 3 aliphatic rings. The van der Waals surface area contributed by atoms with Gasteiger partial charge in [0.05, 0.1) is 25.2 Å². The van der Waals surface area contributed by atoms with Crippen molar-refractivity contribution in [2.45, 2.75) is 96.6 Å². The summed E-state index contributed by atoms with van der Waals surface area (Å²) in [5.41, 5.74) is 2.42. The summed E-state index contributed by atoms with van der Waals surface area (Å²) in [5, 5.41) is 3.03. The van der Waals surface area contributed by atoms with Gasteiger partial charge < -0.3 is 29.3 Å². The molecule has 59 heavy (non-hydrogen) atoms. The van der Waals surface area contributed by atoms with Crippen molar-refractivity contribution < 1.29 is 37.8 Å². The first kappa shape index (κ1) is 43.7. The summed E-state index contributed by atoms with van der Waals surface area (Å²) in [4.78, 5) is 62.7. The van der Waals surface area contributed by atoms with Crippen LogP contribution in [0.4, 0.5) is 14.9 Å². The third-order valence-electron chi connectivity index (χ3n) is 11.5. The normalized spacial score (nSPS) is 22.5. The number of benzene rings is 3. The zero-order valence-electron chi connectivity index (χ0n) is 35.4. The van der Waals surface area contributed by atoms with Crippen molar-refractivity contribution in [2.75, 3.05) is 63.9 Å². The van der Waals surface area contributed by atoms with Crippen LogP contribution in [0.15, 0.2) is 72.8 Å². The number of ether oxygens (including phenoxy) is 3. The maximum absolute atomic E-state index is 14.7. The van der Waals surface area contributed by atoms with Gasteiger partial charge in [0.15, 0.2) is 0 Å². The van der Waals surface area contributed by atoms with Crippen molar-refractivity contribution >= 4 is 29.6 Å². The van der Waals surface area contributed by atoms with Gasteiger partial charge in [0.1, 0.15) is 18.0 Å². The first-order valence-corrected chi connectivity index (χ1v) is 20.8. The van der Waals surface area contributed by atoms with Gasteiger partial charge in [-0.3, -0.25) is 24.2 Å². The van der Waals surface area contributed by atoms with Crippen LogP contribution in [0.2, 0.25) is 0 Å². The van der Waals surface area contributed by atoms with E-state index >= 15 is 0 Å². The maximum Gasteiger partial charge on any atom is 0.410 e. The van der Waals surface area contributed by atoms with Gasteiger partial charge in [0, 0.05) is 69.5 Å². The van der Waals surface area contributed by atoms with Crippen LogP contribution >= 0.6 is 0 Å². The van der Waals surface area contributed by atoms with Crippen molar-refractivity contribution in [3.05, 3.63) is 101 Å². The Morgan fingerprint density at radius 2 is 1.64 bits per heavy atom. The number of hydrogen-bond donors (Lipinski definition) is 1. The Labute approximate surface area is 347 Å². The number of fused-ring (bicyclic) bond motifs is 1. The van der Waals surface area contributed by atoms with Crippen molar-refractivity contribution in [1.82, 2.24) is 20.0 Å². The number of piperazine rings is 1. The molecule has 3 heterocycles. The van der Waals surface area contributed by atoms with Crippen molar-refractivity contribution in [1.29, 1.82) is 0 Å². The first-order chi connectivity index (χ1) is 28.1. The number of carbonyl (C=O) groups excluding carboxylic acids is 4. The predicted octanol–water partition coefficient (Wildman–Crippen LogP) is 5.69. The lowest BCUT2D eigenvalue weighted by molar-refractivity contribution is -0.145. The SMILES string of the molecule is CC1COCCN1C[C@H]1CN(C(=O)OC(C)(C)C)[C@H](C)CN1CC(=O)N1CC(C)(C(=O)NCCCC(=O)OCc2ccccc2)c2ccc(Cc3ccc(F)cc3)cc21. The summed E-state index contributed by atoms with van der Waals surface area (Å²) in [5.74, 6) is -1.04. The molecule has 2 saturated heterocycles. The Bertz CT molecular complexity index is 1940. The monoisotopic (exact) mass is 813 g/mol. The van der Waals surface area contributed by atoms with E-state index in [9.17, 15) is 23.6 Å². The van der Waals surface area contributed by atoms with Crippen LogP contribution in [0.1, 0.15) is 76.6 Å². The number of amides is 3. The highest BCUT2D eigenvalue weighted by Crippen LogP contribution is 2.42. The number of anilines is 1. The molecule has 6 rings (SSSR count). The number of rotatable bonds is 13. The molecule has 0 bridgehead atoms. The number of carbonyl (C=O) groups is 4. The van der Waals surface area contributed by atoms with Gasteiger partial charge in [-0.2, -0.15) is 0 Å². The Hall–Kier alpha value is -4.85. The van der Waals surface area contributed by atoms with Crippen molar-refractivity contribution in [3.63, 3.8) is 0 Å². The lowest BCUT2D eigenvalue weighted by atomic mass is 9.83. The zero-order chi connectivity index (χ0) is 42.3. The van der Waals surface area contributed by atoms with Crippen LogP contribution in [-0.4, -0.2) is 121 Å². The van der Waals surface area contributed by atoms with Gasteiger partial charge in [-0.05, 0) is 94.8 Å². The molecule has 318 valence electrons. The maximum atomic E-state index is 14.7. The molecule has 1 N–H and O–H groups in total. The molecule has 0 saturated carbocycles. The van der Waals surface area contributed by atoms with E-state index in [2.05, 4.69) is 22.0 Å². The second-order valence-electron chi connectivity index (χ2n) is 17.5. The number of nitrogens with one attached hydrogen (secondary N) is 1. The Morgan fingerprint density at radius 3 is 2.36 bits per heavy atom. The van der Waals surface area contributed by atoms with Gasteiger partial charge in [-0.15, -0.1) is 0 Å². The lowest BCUT2D eigenvalue weighted by Crippen LogP contribution is -2.64. The third kappa shape index (κ3) is 11.3. The summed E-state index contributed by atoms with van der Waals surface area (Å²) < 4.78 is 30.7. The van der Waals surface area contributed by atoms with E-state index in [0.29, 0.717) is 51.4 Å². The van der Waals surface area contributed by atoms with E-state index in [0.717, 1.165) is 28.8 Å². The minimum absolute atomic E-state index is 0.0836. The summed E-state index contributed by atoms with van der Waals surface area (Å²) in [6, 6.07) is 21.5. The van der Waals surface area contributed by atoms with E-state index in [-0.39, 0.29) is 80.5 Å². The van der Waals surface area contributed by atoms with Crippen LogP contribution in [0.3, 0.4) is 0 Å². The molecule has 3 aliphatic heterocycles. The molecule has 2 unspecified atom stereocenters. The highest BCUT2D eigenvalue weighted by atomic mass is 19.1. The lowest BCUT2D eigenvalue weighted by Gasteiger charge is -2.47. The minimum atomic E-state index is -1.07. The summed E-state index contributed by atoms with van der Waals surface area (Å²) >= 11 is 0. The molecule has 0 aromatic heterocycles. The van der Waals surface area contributed by atoms with E-state index in [1.807, 2.05) is 83.1 Å². The summed E-state index contributed by atoms with van der Waals surface area (Å²) in [7, 11) is 0. The van der Waals surface area contributed by atoms with Gasteiger partial charge in [0.2, 0.25) is 11.8 Å². The van der Waals surface area contributed by atoms with Crippen molar-refractivity contribution in [2.24, 2.45) is 0 Å². The molecule has 4 atom stereocenters. The fourth-order valence-electron chi connectivity index (χ4n) is 8.17. The number of halogens is 1. The van der Waals surface area contributed by atoms with E-state index in [1.54, 1.807) is 21.9 Å². The topological polar surface area (TPSA) is 121 Å². The fraction of sp³-hybridized carbons (Fsp3) is 0.522.